The maximum atomic E-state index is 12.7. The molecule has 1 aromatic carbocycles. The van der Waals surface area contributed by atoms with Crippen molar-refractivity contribution in [2.75, 3.05) is 11.9 Å². The first-order valence-corrected chi connectivity index (χ1v) is 4.48. The van der Waals surface area contributed by atoms with E-state index in [4.69, 9.17) is 5.11 Å². The van der Waals surface area contributed by atoms with E-state index in [1.165, 1.54) is 0 Å². The summed E-state index contributed by atoms with van der Waals surface area (Å²) < 4.78 is 25.4. The Bertz CT molecular complexity index is 335. The fourth-order valence-corrected chi connectivity index (χ4v) is 1.09. The Morgan fingerprint density at radius 2 is 1.87 bits per heavy atom. The molecule has 0 aliphatic carbocycles. The van der Waals surface area contributed by atoms with Gasteiger partial charge in [-0.15, -0.1) is 0 Å². The van der Waals surface area contributed by atoms with E-state index in [9.17, 15) is 13.6 Å². The molecule has 3 nitrogen and oxygen atoms in total. The van der Waals surface area contributed by atoms with Crippen molar-refractivity contribution in [1.29, 1.82) is 0 Å². The molecule has 0 spiro atoms. The molecule has 0 unspecified atom stereocenters. The SMILES string of the molecule is O=C(CCCO)Nc1cc(F)cc(F)c1. The lowest BCUT2D eigenvalue weighted by Crippen LogP contribution is -2.12. The minimum Gasteiger partial charge on any atom is -0.396 e. The predicted octanol–water partition coefficient (Wildman–Crippen LogP) is 1.68. The van der Waals surface area contributed by atoms with E-state index in [0.29, 0.717) is 6.42 Å². The van der Waals surface area contributed by atoms with E-state index in [-0.39, 0.29) is 24.6 Å². The lowest BCUT2D eigenvalue weighted by molar-refractivity contribution is -0.116. The monoisotopic (exact) mass is 215 g/mol. The lowest BCUT2D eigenvalue weighted by atomic mass is 10.2. The predicted molar refractivity (Wildman–Crippen MR) is 51.3 cm³/mol. The van der Waals surface area contributed by atoms with Crippen molar-refractivity contribution in [2.24, 2.45) is 0 Å². The van der Waals surface area contributed by atoms with Crippen LogP contribution in [-0.4, -0.2) is 17.6 Å². The van der Waals surface area contributed by atoms with Gasteiger partial charge in [0.25, 0.3) is 0 Å². The van der Waals surface area contributed by atoms with Gasteiger partial charge in [0.05, 0.1) is 0 Å². The molecule has 1 aromatic rings. The normalized spacial score (nSPS) is 10.1. The van der Waals surface area contributed by atoms with E-state index in [2.05, 4.69) is 5.32 Å². The van der Waals surface area contributed by atoms with Crippen LogP contribution in [0.15, 0.2) is 18.2 Å². The van der Waals surface area contributed by atoms with Crippen molar-refractivity contribution in [3.8, 4) is 0 Å². The van der Waals surface area contributed by atoms with Gasteiger partial charge in [-0.3, -0.25) is 4.79 Å². The Morgan fingerprint density at radius 3 is 2.40 bits per heavy atom. The average molecular weight is 215 g/mol. The smallest absolute Gasteiger partial charge is 0.224 e. The quantitative estimate of drug-likeness (QED) is 0.802. The van der Waals surface area contributed by atoms with E-state index < -0.39 is 11.6 Å². The number of carbonyl (C=O) groups excluding carboxylic acids is 1. The maximum Gasteiger partial charge on any atom is 0.224 e. The molecule has 0 heterocycles. The molecule has 0 saturated carbocycles. The molecule has 15 heavy (non-hydrogen) atoms. The van der Waals surface area contributed by atoms with Crippen LogP contribution in [0.3, 0.4) is 0 Å². The number of carbonyl (C=O) groups is 1. The number of rotatable bonds is 4. The molecule has 0 atom stereocenters. The van der Waals surface area contributed by atoms with Crippen molar-refractivity contribution in [1.82, 2.24) is 0 Å². The number of nitrogens with one attached hydrogen (secondary N) is 1. The zero-order valence-corrected chi connectivity index (χ0v) is 7.96. The molecule has 1 amide bonds. The summed E-state index contributed by atoms with van der Waals surface area (Å²) in [5, 5.41) is 10.8. The van der Waals surface area contributed by atoms with Gasteiger partial charge >= 0.3 is 0 Å². The van der Waals surface area contributed by atoms with E-state index in [0.717, 1.165) is 18.2 Å². The molecule has 2 N–H and O–H groups in total. The molecule has 0 aliphatic rings. The highest BCUT2D eigenvalue weighted by Crippen LogP contribution is 2.13. The molecular formula is C10H11F2NO2. The fourth-order valence-electron chi connectivity index (χ4n) is 1.09. The average Bonchev–Trinajstić information content (AvgIpc) is 2.13. The Labute approximate surface area is 85.7 Å². The largest absolute Gasteiger partial charge is 0.396 e. The fraction of sp³-hybridized carbons (Fsp3) is 0.300. The van der Waals surface area contributed by atoms with Gasteiger partial charge in [0.2, 0.25) is 5.91 Å². The summed E-state index contributed by atoms with van der Waals surface area (Å²) >= 11 is 0. The third kappa shape index (κ3) is 4.03. The van der Waals surface area contributed by atoms with Crippen LogP contribution in [0, 0.1) is 11.6 Å². The van der Waals surface area contributed by atoms with E-state index >= 15 is 0 Å². The lowest BCUT2D eigenvalue weighted by Gasteiger charge is -2.04. The van der Waals surface area contributed by atoms with Crippen molar-refractivity contribution in [3.63, 3.8) is 0 Å². The Balaban J connectivity index is 2.60. The second-order valence-corrected chi connectivity index (χ2v) is 3.03. The highest BCUT2D eigenvalue weighted by atomic mass is 19.1. The van der Waals surface area contributed by atoms with E-state index in [1.807, 2.05) is 0 Å². The highest BCUT2D eigenvalue weighted by molar-refractivity contribution is 5.90. The number of benzene rings is 1. The van der Waals surface area contributed by atoms with Gasteiger partial charge in [-0.25, -0.2) is 8.78 Å². The molecule has 1 rings (SSSR count). The molecular weight excluding hydrogens is 204 g/mol. The molecule has 0 fully saturated rings. The van der Waals surface area contributed by atoms with Gasteiger partial charge < -0.3 is 10.4 Å². The first-order valence-electron chi connectivity index (χ1n) is 4.48. The molecule has 0 aromatic heterocycles. The molecule has 5 heteroatoms. The van der Waals surface area contributed by atoms with Crippen LogP contribution in [0.2, 0.25) is 0 Å². The number of aliphatic hydroxyl groups is 1. The summed E-state index contributed by atoms with van der Waals surface area (Å²) in [7, 11) is 0. The summed E-state index contributed by atoms with van der Waals surface area (Å²) in [5.41, 5.74) is 0.0791. The standard InChI is InChI=1S/C10H11F2NO2/c11-7-4-8(12)6-9(5-7)13-10(15)2-1-3-14/h4-6,14H,1-3H2,(H,13,15). The first-order chi connectivity index (χ1) is 7.11. The Kier molecular flexibility index (Phi) is 4.17. The van der Waals surface area contributed by atoms with Crippen LogP contribution in [-0.2, 0) is 4.79 Å². The summed E-state index contributed by atoms with van der Waals surface area (Å²) in [4.78, 5) is 11.1. The molecule has 0 bridgehead atoms. The minimum atomic E-state index is -0.743. The zero-order chi connectivity index (χ0) is 11.3. The van der Waals surface area contributed by atoms with Crippen LogP contribution in [0.25, 0.3) is 0 Å². The number of halogens is 2. The molecule has 0 radical (unpaired) electrons. The van der Waals surface area contributed by atoms with Gasteiger partial charge in [0, 0.05) is 24.8 Å². The number of anilines is 1. The van der Waals surface area contributed by atoms with Gasteiger partial charge in [0.15, 0.2) is 0 Å². The highest BCUT2D eigenvalue weighted by Gasteiger charge is 2.04. The second kappa shape index (κ2) is 5.41. The van der Waals surface area contributed by atoms with Crippen molar-refractivity contribution < 1.29 is 18.7 Å². The third-order valence-corrected chi connectivity index (χ3v) is 1.71. The Morgan fingerprint density at radius 1 is 1.27 bits per heavy atom. The van der Waals surface area contributed by atoms with Crippen LogP contribution < -0.4 is 5.32 Å². The number of hydrogen-bond acceptors (Lipinski definition) is 2. The van der Waals surface area contributed by atoms with Crippen LogP contribution in [0.4, 0.5) is 14.5 Å². The van der Waals surface area contributed by atoms with Crippen LogP contribution in [0.1, 0.15) is 12.8 Å². The van der Waals surface area contributed by atoms with Gasteiger partial charge in [-0.05, 0) is 18.6 Å². The maximum absolute atomic E-state index is 12.7. The first kappa shape index (κ1) is 11.6. The van der Waals surface area contributed by atoms with Crippen molar-refractivity contribution in [2.45, 2.75) is 12.8 Å². The van der Waals surface area contributed by atoms with Crippen LogP contribution >= 0.6 is 0 Å². The summed E-state index contributed by atoms with van der Waals surface area (Å²) in [6.07, 6.45) is 0.443. The number of hydrogen-bond donors (Lipinski definition) is 2. The zero-order valence-electron chi connectivity index (χ0n) is 7.96. The summed E-state index contributed by atoms with van der Waals surface area (Å²) in [6.45, 7) is -0.0923. The van der Waals surface area contributed by atoms with Crippen LogP contribution in [0.5, 0.6) is 0 Å². The van der Waals surface area contributed by atoms with Gasteiger partial charge in [-0.2, -0.15) is 0 Å². The summed E-state index contributed by atoms with van der Waals surface area (Å²) in [5.74, 6) is -1.87. The van der Waals surface area contributed by atoms with Crippen molar-refractivity contribution in [3.05, 3.63) is 29.8 Å². The van der Waals surface area contributed by atoms with E-state index in [1.54, 1.807) is 0 Å². The molecule has 82 valence electrons. The minimum absolute atomic E-state index is 0.0791. The topological polar surface area (TPSA) is 49.3 Å². The molecule has 0 saturated heterocycles. The Hall–Kier alpha value is -1.49. The van der Waals surface area contributed by atoms with Crippen molar-refractivity contribution >= 4 is 11.6 Å². The number of amides is 1. The van der Waals surface area contributed by atoms with Gasteiger partial charge in [-0.1, -0.05) is 0 Å². The summed E-state index contributed by atoms with van der Waals surface area (Å²) in [6, 6.07) is 2.78. The molecule has 0 aliphatic heterocycles. The van der Waals surface area contributed by atoms with Gasteiger partial charge in [0.1, 0.15) is 11.6 Å². The second-order valence-electron chi connectivity index (χ2n) is 3.03. The third-order valence-electron chi connectivity index (χ3n) is 1.71. The number of aliphatic hydroxyl groups excluding tert-OH is 1.